The fourth-order valence-electron chi connectivity index (χ4n) is 1.23. The van der Waals surface area contributed by atoms with Crippen LogP contribution in [0.2, 0.25) is 0 Å². The Morgan fingerprint density at radius 1 is 0.900 bits per heavy atom. The number of aliphatic carboxylic acids is 1. The molecule has 0 rings (SSSR count). The van der Waals surface area contributed by atoms with Gasteiger partial charge >= 0.3 is 94.6 Å². The zero-order valence-corrected chi connectivity index (χ0v) is 20.0. The first kappa shape index (κ1) is 34.0. The number of unbranched alkanes of at least 4 members (excludes halogenated alkanes) is 6. The van der Waals surface area contributed by atoms with Gasteiger partial charge in [0.15, 0.2) is 0 Å². The molecule has 0 heterocycles. The summed E-state index contributed by atoms with van der Waals surface area (Å²) in [4.78, 5) is 35.8. The van der Waals surface area contributed by atoms with Gasteiger partial charge < -0.3 is 24.4 Å². The summed E-state index contributed by atoms with van der Waals surface area (Å²) in [6.07, 6.45) is 8.64. The molecule has 0 bridgehead atoms. The molecule has 0 amide bonds. The van der Waals surface area contributed by atoms with Gasteiger partial charge in [-0.25, -0.2) is 0 Å². The van der Waals surface area contributed by atoms with Crippen molar-refractivity contribution in [1.82, 2.24) is 0 Å². The fraction of sp³-hybridized carbons (Fsp3) is 0.900. The molecule has 0 aromatic rings. The summed E-state index contributed by atoms with van der Waals surface area (Å²) in [6.45, 7) is 2.20. The van der Waals surface area contributed by atoms with Gasteiger partial charge in [-0.15, -0.1) is 0 Å². The standard InChI is InChI=1S/C10H20O2.3Na.H3O4P/c1-2-3-4-5-6-7-8-9-10(11)12;;;;1-5(2,3)4/h2-9H2,1H3,(H,11,12);;;;(H3,1,2,3,4)/q;3*+1;/p-3. The molecule has 0 aliphatic heterocycles. The smallest absolute Gasteiger partial charge is 0.822 e. The maximum atomic E-state index is 10.1. The minimum atomic E-state index is -5.39. The Morgan fingerprint density at radius 3 is 1.50 bits per heavy atom. The van der Waals surface area contributed by atoms with Gasteiger partial charge in [0, 0.05) is 6.42 Å². The molecule has 0 spiro atoms. The summed E-state index contributed by atoms with van der Waals surface area (Å²) >= 11 is 0. The summed E-state index contributed by atoms with van der Waals surface area (Å²) in [5.74, 6) is -0.663. The number of phosphoric acid groups is 1. The molecule has 0 aromatic heterocycles. The first-order valence-corrected chi connectivity index (χ1v) is 7.18. The molecule has 20 heavy (non-hydrogen) atoms. The average Bonchev–Trinajstić information content (AvgIpc) is 2.13. The van der Waals surface area contributed by atoms with Gasteiger partial charge in [0.1, 0.15) is 0 Å². The molecule has 1 N–H and O–H groups in total. The molecule has 0 fully saturated rings. The molecule has 0 atom stereocenters. The van der Waals surface area contributed by atoms with Crippen LogP contribution in [0.3, 0.4) is 0 Å². The van der Waals surface area contributed by atoms with Crippen molar-refractivity contribution in [3.63, 3.8) is 0 Å². The van der Waals surface area contributed by atoms with Crippen LogP contribution in [0.5, 0.6) is 0 Å². The first-order valence-electron chi connectivity index (χ1n) is 5.72. The van der Waals surface area contributed by atoms with E-state index >= 15 is 0 Å². The molecule has 0 radical (unpaired) electrons. The number of carboxylic acid groups (broad SMARTS) is 1. The molecule has 0 unspecified atom stereocenters. The third-order valence-corrected chi connectivity index (χ3v) is 1.99. The van der Waals surface area contributed by atoms with Gasteiger partial charge in [-0.1, -0.05) is 45.4 Å². The molecule has 0 saturated carbocycles. The van der Waals surface area contributed by atoms with Crippen LogP contribution in [-0.4, -0.2) is 11.1 Å². The monoisotopic (exact) mass is 336 g/mol. The average molecular weight is 336 g/mol. The number of carbonyl (C=O) groups is 1. The molecule has 10 heteroatoms. The normalized spacial score (nSPS) is 9.00. The Hall–Kier alpha value is 2.58. The second-order valence-corrected chi connectivity index (χ2v) is 4.61. The largest absolute Gasteiger partial charge is 1.00 e. The predicted molar refractivity (Wildman–Crippen MR) is 57.9 cm³/mol. The molecular formula is C10H20Na3O6P. The Morgan fingerprint density at radius 2 is 1.20 bits per heavy atom. The van der Waals surface area contributed by atoms with Crippen molar-refractivity contribution in [3.05, 3.63) is 0 Å². The molecular weight excluding hydrogens is 316 g/mol. The molecule has 6 nitrogen and oxygen atoms in total. The van der Waals surface area contributed by atoms with Crippen LogP contribution < -0.4 is 103 Å². The van der Waals surface area contributed by atoms with Gasteiger partial charge in [-0.2, -0.15) is 7.82 Å². The Balaban J connectivity index is -0.0000000821. The van der Waals surface area contributed by atoms with E-state index in [-0.39, 0.29) is 88.7 Å². The first-order chi connectivity index (χ1) is 7.77. The van der Waals surface area contributed by atoms with E-state index in [1.165, 1.54) is 32.1 Å². The topological polar surface area (TPSA) is 124 Å². The van der Waals surface area contributed by atoms with Crippen molar-refractivity contribution in [1.29, 1.82) is 0 Å². The van der Waals surface area contributed by atoms with Gasteiger partial charge in [0.25, 0.3) is 0 Å². The van der Waals surface area contributed by atoms with E-state index in [0.717, 1.165) is 12.8 Å². The molecule has 0 aliphatic rings. The van der Waals surface area contributed by atoms with Gasteiger partial charge in [-0.05, 0) is 6.42 Å². The zero-order valence-electron chi connectivity index (χ0n) is 13.1. The number of hydrogen-bond donors (Lipinski definition) is 1. The van der Waals surface area contributed by atoms with Crippen molar-refractivity contribution in [2.24, 2.45) is 0 Å². The van der Waals surface area contributed by atoms with Gasteiger partial charge in [0.2, 0.25) is 0 Å². The van der Waals surface area contributed by atoms with E-state index in [2.05, 4.69) is 6.92 Å². The van der Waals surface area contributed by atoms with Gasteiger partial charge in [0.05, 0.1) is 0 Å². The zero-order chi connectivity index (χ0) is 13.7. The Labute approximate surface area is 187 Å². The van der Waals surface area contributed by atoms with Gasteiger partial charge in [-0.3, -0.25) is 4.79 Å². The van der Waals surface area contributed by atoms with Crippen LogP contribution in [0.25, 0.3) is 0 Å². The molecule has 0 saturated heterocycles. The predicted octanol–water partition coefficient (Wildman–Crippen LogP) is -8.60. The third kappa shape index (κ3) is 58.8. The van der Waals surface area contributed by atoms with Crippen molar-refractivity contribution >= 4 is 13.8 Å². The van der Waals surface area contributed by atoms with E-state index in [0.29, 0.717) is 6.42 Å². The van der Waals surface area contributed by atoms with E-state index < -0.39 is 13.8 Å². The van der Waals surface area contributed by atoms with Crippen molar-refractivity contribution < 1.29 is 118 Å². The van der Waals surface area contributed by atoms with E-state index in [1.807, 2.05) is 0 Å². The Bertz CT molecular complexity index is 229. The van der Waals surface area contributed by atoms with E-state index in [4.69, 9.17) is 24.4 Å². The maximum Gasteiger partial charge on any atom is 1.00 e. The summed E-state index contributed by atoms with van der Waals surface area (Å²) in [5.41, 5.74) is 0. The summed E-state index contributed by atoms with van der Waals surface area (Å²) in [7, 11) is -5.39. The maximum absolute atomic E-state index is 10.1. The summed E-state index contributed by atoms with van der Waals surface area (Å²) in [6, 6.07) is 0. The third-order valence-electron chi connectivity index (χ3n) is 1.99. The van der Waals surface area contributed by atoms with E-state index in [9.17, 15) is 4.79 Å². The Kier molecular flexibility index (Phi) is 40.6. The molecule has 104 valence electrons. The van der Waals surface area contributed by atoms with Crippen LogP contribution in [-0.2, 0) is 9.36 Å². The number of hydrogen-bond acceptors (Lipinski definition) is 5. The van der Waals surface area contributed by atoms with Crippen molar-refractivity contribution in [2.45, 2.75) is 58.3 Å². The van der Waals surface area contributed by atoms with Crippen LogP contribution in [0.15, 0.2) is 0 Å². The molecule has 0 aliphatic carbocycles. The summed E-state index contributed by atoms with van der Waals surface area (Å²) in [5, 5.41) is 8.35. The number of carboxylic acids is 1. The quantitative estimate of drug-likeness (QED) is 0.267. The second kappa shape index (κ2) is 23.8. The SMILES string of the molecule is CCCCCCCCCC(=O)O.O=P([O-])([O-])[O-].[Na+].[Na+].[Na+]. The number of rotatable bonds is 8. The van der Waals surface area contributed by atoms with Crippen molar-refractivity contribution in [2.75, 3.05) is 0 Å². The van der Waals surface area contributed by atoms with Crippen LogP contribution in [0.1, 0.15) is 58.3 Å². The van der Waals surface area contributed by atoms with Crippen molar-refractivity contribution in [3.8, 4) is 0 Å². The molecule has 0 aromatic carbocycles. The summed E-state index contributed by atoms with van der Waals surface area (Å²) < 4.78 is 8.55. The fourth-order valence-corrected chi connectivity index (χ4v) is 1.23. The minimum absolute atomic E-state index is 0. The van der Waals surface area contributed by atoms with Crippen LogP contribution in [0, 0.1) is 0 Å². The second-order valence-electron chi connectivity index (χ2n) is 3.71. The minimum Gasteiger partial charge on any atom is -0.822 e. The van der Waals surface area contributed by atoms with Crippen LogP contribution >= 0.6 is 7.82 Å². The van der Waals surface area contributed by atoms with Crippen LogP contribution in [0.4, 0.5) is 0 Å². The van der Waals surface area contributed by atoms with E-state index in [1.54, 1.807) is 0 Å².